The first-order valence-electron chi connectivity index (χ1n) is 7.44. The van der Waals surface area contributed by atoms with Crippen LogP contribution in [0, 0.1) is 5.92 Å². The number of aliphatic hydroxyl groups is 2. The molecular weight excluding hydrogens is 274 g/mol. The molecular formula is C16H24ClNO2. The molecule has 112 valence electrons. The second kappa shape index (κ2) is 7.41. The zero-order valence-electron chi connectivity index (χ0n) is 12.0. The quantitative estimate of drug-likeness (QED) is 0.878. The average Bonchev–Trinajstić information content (AvgIpc) is 2.48. The Bertz CT molecular complexity index is 401. The molecule has 20 heavy (non-hydrogen) atoms. The maximum absolute atomic E-state index is 10.4. The molecule has 2 N–H and O–H groups in total. The van der Waals surface area contributed by atoms with E-state index >= 15 is 0 Å². The molecule has 2 atom stereocenters. The second-order valence-electron chi connectivity index (χ2n) is 5.70. The van der Waals surface area contributed by atoms with E-state index in [1.165, 1.54) is 0 Å². The molecule has 4 heteroatoms. The van der Waals surface area contributed by atoms with Gasteiger partial charge in [-0.05, 0) is 56.0 Å². The van der Waals surface area contributed by atoms with Gasteiger partial charge in [0.05, 0.1) is 12.2 Å². The molecule has 1 saturated heterocycles. The van der Waals surface area contributed by atoms with Crippen molar-refractivity contribution in [1.29, 1.82) is 0 Å². The molecule has 2 unspecified atom stereocenters. The van der Waals surface area contributed by atoms with Crippen LogP contribution in [0.4, 0.5) is 0 Å². The van der Waals surface area contributed by atoms with Crippen molar-refractivity contribution in [2.24, 2.45) is 5.92 Å². The summed E-state index contributed by atoms with van der Waals surface area (Å²) in [5.41, 5.74) is 0.946. The summed E-state index contributed by atoms with van der Waals surface area (Å²) in [7, 11) is 0. The molecule has 0 saturated carbocycles. The van der Waals surface area contributed by atoms with E-state index in [1.54, 1.807) is 0 Å². The van der Waals surface area contributed by atoms with Crippen LogP contribution in [0.25, 0.3) is 0 Å². The highest BCUT2D eigenvalue weighted by molar-refractivity contribution is 6.30. The summed E-state index contributed by atoms with van der Waals surface area (Å²) in [6, 6.07) is 7.46. The van der Waals surface area contributed by atoms with Gasteiger partial charge in [-0.25, -0.2) is 0 Å². The molecule has 2 rings (SSSR count). The van der Waals surface area contributed by atoms with Gasteiger partial charge >= 0.3 is 0 Å². The Hall–Kier alpha value is -0.610. The number of β-amino-alcohol motifs (C(OH)–C–C–N with tert-alkyl or cyclic N) is 1. The van der Waals surface area contributed by atoms with Gasteiger partial charge in [0.15, 0.2) is 0 Å². The lowest BCUT2D eigenvalue weighted by molar-refractivity contribution is 0.0395. The summed E-state index contributed by atoms with van der Waals surface area (Å²) in [5.74, 6) is 0.297. The standard InChI is InChI=1S/C16H24ClNO2/c1-2-15(19)11-18-9-7-13(8-10-18)16(20)12-3-5-14(17)6-4-12/h3-6,13,15-16,19-20H,2,7-11H2,1H3. The lowest BCUT2D eigenvalue weighted by atomic mass is 9.87. The Balaban J connectivity index is 1.85. The lowest BCUT2D eigenvalue weighted by Crippen LogP contribution is -2.39. The number of hydrogen-bond donors (Lipinski definition) is 2. The fraction of sp³-hybridized carbons (Fsp3) is 0.625. The number of piperidine rings is 1. The van der Waals surface area contributed by atoms with Gasteiger partial charge in [0, 0.05) is 11.6 Å². The van der Waals surface area contributed by atoms with Crippen molar-refractivity contribution in [1.82, 2.24) is 4.90 Å². The minimum Gasteiger partial charge on any atom is -0.392 e. The van der Waals surface area contributed by atoms with Crippen molar-refractivity contribution >= 4 is 11.6 Å². The average molecular weight is 298 g/mol. The third kappa shape index (κ3) is 4.19. The molecule has 0 aromatic heterocycles. The number of benzene rings is 1. The van der Waals surface area contributed by atoms with Gasteiger partial charge in [0.25, 0.3) is 0 Å². The van der Waals surface area contributed by atoms with E-state index in [4.69, 9.17) is 11.6 Å². The van der Waals surface area contributed by atoms with Gasteiger partial charge in [-0.15, -0.1) is 0 Å². The van der Waals surface area contributed by atoms with Crippen molar-refractivity contribution in [3.05, 3.63) is 34.9 Å². The van der Waals surface area contributed by atoms with Gasteiger partial charge in [0.1, 0.15) is 0 Å². The van der Waals surface area contributed by atoms with Crippen molar-refractivity contribution in [2.75, 3.05) is 19.6 Å². The van der Waals surface area contributed by atoms with Crippen LogP contribution in [0.1, 0.15) is 37.9 Å². The zero-order chi connectivity index (χ0) is 14.5. The molecule has 1 aliphatic rings. The molecule has 0 spiro atoms. The van der Waals surface area contributed by atoms with Gasteiger partial charge in [-0.1, -0.05) is 30.7 Å². The first kappa shape index (κ1) is 15.8. The number of halogens is 1. The van der Waals surface area contributed by atoms with Crippen LogP contribution in [0.5, 0.6) is 0 Å². The monoisotopic (exact) mass is 297 g/mol. The number of rotatable bonds is 5. The van der Waals surface area contributed by atoms with Crippen LogP contribution in [0.2, 0.25) is 5.02 Å². The second-order valence-corrected chi connectivity index (χ2v) is 6.13. The van der Waals surface area contributed by atoms with Crippen molar-refractivity contribution in [3.63, 3.8) is 0 Å². The Kier molecular flexibility index (Phi) is 5.85. The summed E-state index contributed by atoms with van der Waals surface area (Å²) in [6.45, 7) is 4.65. The molecule has 1 heterocycles. The SMILES string of the molecule is CCC(O)CN1CCC(C(O)c2ccc(Cl)cc2)CC1. The molecule has 0 aliphatic carbocycles. The van der Waals surface area contributed by atoms with E-state index in [9.17, 15) is 10.2 Å². The summed E-state index contributed by atoms with van der Waals surface area (Å²) in [5, 5.41) is 20.8. The molecule has 0 amide bonds. The minimum atomic E-state index is -0.412. The molecule has 0 radical (unpaired) electrons. The first-order valence-corrected chi connectivity index (χ1v) is 7.82. The first-order chi connectivity index (χ1) is 9.60. The van der Waals surface area contributed by atoms with Gasteiger partial charge < -0.3 is 15.1 Å². The highest BCUT2D eigenvalue weighted by atomic mass is 35.5. The predicted octanol–water partition coefficient (Wildman–Crippen LogP) is 2.86. The normalized spacial score (nSPS) is 20.8. The highest BCUT2D eigenvalue weighted by Crippen LogP contribution is 2.31. The summed E-state index contributed by atoms with van der Waals surface area (Å²) < 4.78 is 0. The fourth-order valence-electron chi connectivity index (χ4n) is 2.81. The van der Waals surface area contributed by atoms with Crippen LogP contribution in [-0.2, 0) is 0 Å². The summed E-state index contributed by atoms with van der Waals surface area (Å²) >= 11 is 5.87. The molecule has 1 aromatic rings. The van der Waals surface area contributed by atoms with E-state index in [1.807, 2.05) is 31.2 Å². The fourth-order valence-corrected chi connectivity index (χ4v) is 2.94. The maximum Gasteiger partial charge on any atom is 0.0819 e. The summed E-state index contributed by atoms with van der Waals surface area (Å²) in [6.07, 6.45) is 2.10. The molecule has 1 aromatic carbocycles. The number of likely N-dealkylation sites (tertiary alicyclic amines) is 1. The van der Waals surface area contributed by atoms with Crippen LogP contribution in [0.3, 0.4) is 0 Å². The van der Waals surface area contributed by atoms with E-state index in [-0.39, 0.29) is 6.10 Å². The van der Waals surface area contributed by atoms with Crippen LogP contribution in [0.15, 0.2) is 24.3 Å². The van der Waals surface area contributed by atoms with Crippen molar-refractivity contribution in [2.45, 2.75) is 38.4 Å². The van der Waals surface area contributed by atoms with E-state index < -0.39 is 6.10 Å². The Morgan fingerprint density at radius 3 is 2.35 bits per heavy atom. The number of hydrogen-bond acceptors (Lipinski definition) is 3. The van der Waals surface area contributed by atoms with Crippen LogP contribution < -0.4 is 0 Å². The maximum atomic E-state index is 10.4. The Morgan fingerprint density at radius 2 is 1.80 bits per heavy atom. The molecule has 1 fully saturated rings. The Morgan fingerprint density at radius 1 is 1.20 bits per heavy atom. The van der Waals surface area contributed by atoms with Gasteiger partial charge in [-0.2, -0.15) is 0 Å². The minimum absolute atomic E-state index is 0.229. The molecule has 1 aliphatic heterocycles. The van der Waals surface area contributed by atoms with Crippen molar-refractivity contribution < 1.29 is 10.2 Å². The smallest absolute Gasteiger partial charge is 0.0819 e. The zero-order valence-corrected chi connectivity index (χ0v) is 12.8. The highest BCUT2D eigenvalue weighted by Gasteiger charge is 2.26. The summed E-state index contributed by atoms with van der Waals surface area (Å²) in [4.78, 5) is 2.29. The number of nitrogens with zero attached hydrogens (tertiary/aromatic N) is 1. The van der Waals surface area contributed by atoms with E-state index in [0.717, 1.165) is 44.5 Å². The van der Waals surface area contributed by atoms with Crippen LogP contribution >= 0.6 is 11.6 Å². The largest absolute Gasteiger partial charge is 0.392 e. The topological polar surface area (TPSA) is 43.7 Å². The van der Waals surface area contributed by atoms with Crippen molar-refractivity contribution in [3.8, 4) is 0 Å². The van der Waals surface area contributed by atoms with Gasteiger partial charge in [0.2, 0.25) is 0 Å². The molecule has 0 bridgehead atoms. The van der Waals surface area contributed by atoms with Crippen LogP contribution in [-0.4, -0.2) is 40.9 Å². The number of aliphatic hydroxyl groups excluding tert-OH is 2. The Labute approximate surface area is 126 Å². The molecule has 3 nitrogen and oxygen atoms in total. The predicted molar refractivity (Wildman–Crippen MR) is 81.9 cm³/mol. The van der Waals surface area contributed by atoms with E-state index in [0.29, 0.717) is 10.9 Å². The third-order valence-electron chi connectivity index (χ3n) is 4.23. The lowest BCUT2D eigenvalue weighted by Gasteiger charge is -2.35. The third-order valence-corrected chi connectivity index (χ3v) is 4.48. The van der Waals surface area contributed by atoms with E-state index in [2.05, 4.69) is 4.90 Å². The van der Waals surface area contributed by atoms with Gasteiger partial charge in [-0.3, -0.25) is 0 Å².